The summed E-state index contributed by atoms with van der Waals surface area (Å²) in [5, 5.41) is 26.0. The van der Waals surface area contributed by atoms with Crippen molar-refractivity contribution < 1.29 is 5.11 Å². The third kappa shape index (κ3) is 2.49. The maximum Gasteiger partial charge on any atom is 0.179 e. The topological polar surface area (TPSA) is 99.6 Å². The number of aromatic amines is 1. The molecule has 0 radical (unpaired) electrons. The molecule has 0 atom stereocenters. The molecule has 0 saturated heterocycles. The lowest BCUT2D eigenvalue weighted by Crippen LogP contribution is -1.92. The van der Waals surface area contributed by atoms with E-state index in [4.69, 9.17) is 0 Å². The van der Waals surface area contributed by atoms with E-state index in [1.807, 2.05) is 24.3 Å². The summed E-state index contributed by atoms with van der Waals surface area (Å²) in [5.41, 5.74) is 1.74. The number of nitrogens with one attached hydrogen (secondary N) is 2. The molecule has 0 fully saturated rings. The Balaban J connectivity index is 1.80. The number of aromatic nitrogens is 5. The fourth-order valence-electron chi connectivity index (χ4n) is 1.63. The number of hydrogen-bond donors (Lipinski definition) is 3. The van der Waals surface area contributed by atoms with Gasteiger partial charge in [-0.05, 0) is 40.8 Å². The Kier molecular flexibility index (Phi) is 2.77. The van der Waals surface area contributed by atoms with E-state index in [1.54, 1.807) is 6.07 Å². The number of pyridine rings is 1. The Bertz CT molecular complexity index is 665. The number of hydrogen-bond acceptors (Lipinski definition) is 6. The Hall–Kier alpha value is -2.96. The van der Waals surface area contributed by atoms with Gasteiger partial charge >= 0.3 is 0 Å². The van der Waals surface area contributed by atoms with Gasteiger partial charge in [-0.2, -0.15) is 0 Å². The average molecular weight is 254 g/mol. The predicted molar refractivity (Wildman–Crippen MR) is 68.8 cm³/mol. The van der Waals surface area contributed by atoms with Gasteiger partial charge in [-0.25, -0.2) is 10.1 Å². The number of benzene rings is 1. The van der Waals surface area contributed by atoms with Gasteiger partial charge in [0.1, 0.15) is 11.6 Å². The highest BCUT2D eigenvalue weighted by molar-refractivity contribution is 5.63. The molecule has 3 aromatic rings. The van der Waals surface area contributed by atoms with E-state index in [2.05, 4.69) is 30.9 Å². The van der Waals surface area contributed by atoms with Crippen molar-refractivity contribution in [2.24, 2.45) is 0 Å². The first-order chi connectivity index (χ1) is 9.31. The minimum atomic E-state index is 0.168. The van der Waals surface area contributed by atoms with Crippen LogP contribution in [0.4, 0.5) is 11.5 Å². The maximum absolute atomic E-state index is 9.35. The highest BCUT2D eigenvalue weighted by atomic mass is 16.3. The van der Waals surface area contributed by atoms with Crippen LogP contribution in [0.3, 0.4) is 0 Å². The molecule has 0 aliphatic heterocycles. The fourth-order valence-corrected chi connectivity index (χ4v) is 1.63. The van der Waals surface area contributed by atoms with Crippen LogP contribution in [-0.2, 0) is 0 Å². The summed E-state index contributed by atoms with van der Waals surface area (Å²) < 4.78 is 0. The van der Waals surface area contributed by atoms with Gasteiger partial charge in [0.05, 0.1) is 0 Å². The predicted octanol–water partition coefficient (Wildman–Crippen LogP) is 1.71. The monoisotopic (exact) mass is 254 g/mol. The van der Waals surface area contributed by atoms with Crippen molar-refractivity contribution in [2.45, 2.75) is 0 Å². The second-order valence-electron chi connectivity index (χ2n) is 3.85. The summed E-state index contributed by atoms with van der Waals surface area (Å²) in [6, 6.07) is 10.6. The number of anilines is 2. The van der Waals surface area contributed by atoms with Crippen molar-refractivity contribution in [3.8, 4) is 17.1 Å². The molecule has 3 N–H and O–H groups in total. The molecule has 94 valence electrons. The summed E-state index contributed by atoms with van der Waals surface area (Å²) in [6.07, 6.45) is 1.53. The lowest BCUT2D eigenvalue weighted by molar-refractivity contribution is 0.475. The zero-order valence-corrected chi connectivity index (χ0v) is 9.78. The minimum Gasteiger partial charge on any atom is -0.508 e. The Labute approximate surface area is 108 Å². The van der Waals surface area contributed by atoms with Crippen LogP contribution in [0.5, 0.6) is 5.75 Å². The van der Waals surface area contributed by atoms with E-state index >= 15 is 0 Å². The Morgan fingerprint density at radius 1 is 1.11 bits per heavy atom. The smallest absolute Gasteiger partial charge is 0.179 e. The zero-order valence-electron chi connectivity index (χ0n) is 9.78. The second kappa shape index (κ2) is 4.73. The molecule has 3 rings (SSSR count). The summed E-state index contributed by atoms with van der Waals surface area (Å²) in [6.45, 7) is 0. The van der Waals surface area contributed by atoms with E-state index in [9.17, 15) is 5.11 Å². The summed E-state index contributed by atoms with van der Waals surface area (Å²) in [4.78, 5) is 4.10. The molecular weight excluding hydrogens is 244 g/mol. The van der Waals surface area contributed by atoms with Crippen LogP contribution in [0.25, 0.3) is 11.4 Å². The molecule has 7 heteroatoms. The number of nitrogens with zero attached hydrogens (tertiary/aromatic N) is 4. The lowest BCUT2D eigenvalue weighted by Gasteiger charge is -2.06. The first kappa shape index (κ1) is 11.1. The SMILES string of the molecule is Oc1ccnc(Nc2ccc(-c3nnn[nH]3)cc2)c1. The van der Waals surface area contributed by atoms with Crippen molar-refractivity contribution in [1.29, 1.82) is 0 Å². The quantitative estimate of drug-likeness (QED) is 0.658. The first-order valence-electron chi connectivity index (χ1n) is 5.57. The van der Waals surface area contributed by atoms with Crippen LogP contribution in [-0.4, -0.2) is 30.7 Å². The Morgan fingerprint density at radius 2 is 1.95 bits per heavy atom. The van der Waals surface area contributed by atoms with E-state index in [0.29, 0.717) is 11.6 Å². The van der Waals surface area contributed by atoms with Gasteiger partial charge in [-0.15, -0.1) is 5.10 Å². The molecule has 0 unspecified atom stereocenters. The molecule has 0 aliphatic carbocycles. The van der Waals surface area contributed by atoms with Gasteiger partial charge in [0.2, 0.25) is 0 Å². The molecule has 0 bridgehead atoms. The van der Waals surface area contributed by atoms with Crippen LogP contribution >= 0.6 is 0 Å². The number of rotatable bonds is 3. The fraction of sp³-hybridized carbons (Fsp3) is 0. The molecule has 7 nitrogen and oxygen atoms in total. The van der Waals surface area contributed by atoms with E-state index < -0.39 is 0 Å². The van der Waals surface area contributed by atoms with Gasteiger partial charge in [-0.1, -0.05) is 0 Å². The zero-order chi connectivity index (χ0) is 13.1. The van der Waals surface area contributed by atoms with Crippen LogP contribution in [0, 0.1) is 0 Å². The summed E-state index contributed by atoms with van der Waals surface area (Å²) in [5.74, 6) is 1.36. The molecule has 2 aromatic heterocycles. The van der Waals surface area contributed by atoms with E-state index in [1.165, 1.54) is 12.3 Å². The molecule has 0 aliphatic rings. The number of H-pyrrole nitrogens is 1. The van der Waals surface area contributed by atoms with Crippen molar-refractivity contribution in [1.82, 2.24) is 25.6 Å². The standard InChI is InChI=1S/C12H10N6O/c19-10-5-6-13-11(7-10)14-9-3-1-8(2-4-9)12-15-17-18-16-12/h1-7H,(H2,13,14,19)(H,15,16,17,18). The van der Waals surface area contributed by atoms with Gasteiger partial charge in [0.25, 0.3) is 0 Å². The lowest BCUT2D eigenvalue weighted by atomic mass is 10.2. The van der Waals surface area contributed by atoms with Crippen LogP contribution in [0.15, 0.2) is 42.6 Å². The third-order valence-electron chi connectivity index (χ3n) is 2.52. The first-order valence-corrected chi connectivity index (χ1v) is 5.57. The van der Waals surface area contributed by atoms with Crippen LogP contribution < -0.4 is 5.32 Å². The van der Waals surface area contributed by atoms with Gasteiger partial charge in [0.15, 0.2) is 5.82 Å². The van der Waals surface area contributed by atoms with E-state index in [-0.39, 0.29) is 5.75 Å². The maximum atomic E-state index is 9.35. The van der Waals surface area contributed by atoms with Crippen LogP contribution in [0.2, 0.25) is 0 Å². The normalized spacial score (nSPS) is 10.3. The van der Waals surface area contributed by atoms with Gasteiger partial charge in [0, 0.05) is 23.5 Å². The second-order valence-corrected chi connectivity index (χ2v) is 3.85. The number of aromatic hydroxyl groups is 1. The Morgan fingerprint density at radius 3 is 2.63 bits per heavy atom. The highest BCUT2D eigenvalue weighted by Gasteiger charge is 2.02. The van der Waals surface area contributed by atoms with Crippen molar-refractivity contribution in [3.63, 3.8) is 0 Å². The summed E-state index contributed by atoms with van der Waals surface area (Å²) >= 11 is 0. The number of tetrazole rings is 1. The van der Waals surface area contributed by atoms with Crippen molar-refractivity contribution in [2.75, 3.05) is 5.32 Å². The molecule has 1 aromatic carbocycles. The molecular formula is C12H10N6O. The molecule has 19 heavy (non-hydrogen) atoms. The van der Waals surface area contributed by atoms with Gasteiger partial charge < -0.3 is 10.4 Å². The molecule has 0 saturated carbocycles. The molecule has 0 amide bonds. The third-order valence-corrected chi connectivity index (χ3v) is 2.52. The largest absolute Gasteiger partial charge is 0.508 e. The molecule has 0 spiro atoms. The van der Waals surface area contributed by atoms with E-state index in [0.717, 1.165) is 11.3 Å². The molecule has 2 heterocycles. The average Bonchev–Trinajstić information content (AvgIpc) is 2.94. The summed E-state index contributed by atoms with van der Waals surface area (Å²) in [7, 11) is 0. The highest BCUT2D eigenvalue weighted by Crippen LogP contribution is 2.21. The van der Waals surface area contributed by atoms with Crippen molar-refractivity contribution >= 4 is 11.5 Å². The van der Waals surface area contributed by atoms with Gasteiger partial charge in [-0.3, -0.25) is 0 Å². The minimum absolute atomic E-state index is 0.168. The van der Waals surface area contributed by atoms with Crippen molar-refractivity contribution in [3.05, 3.63) is 42.6 Å². The van der Waals surface area contributed by atoms with Crippen LogP contribution in [0.1, 0.15) is 0 Å².